The van der Waals surface area contributed by atoms with Crippen molar-refractivity contribution in [1.29, 1.82) is 0 Å². The molecular weight excluding hydrogens is 398 g/mol. The summed E-state index contributed by atoms with van der Waals surface area (Å²) in [6, 6.07) is 8.17. The maximum Gasteiger partial charge on any atom is 0.410 e. The van der Waals surface area contributed by atoms with Crippen LogP contribution < -0.4 is 11.1 Å². The van der Waals surface area contributed by atoms with Crippen LogP contribution in [-0.4, -0.2) is 60.3 Å². The predicted octanol–water partition coefficient (Wildman–Crippen LogP) is 2.42. The highest BCUT2D eigenvalue weighted by Gasteiger charge is 2.43. The molecule has 31 heavy (non-hydrogen) atoms. The smallest absolute Gasteiger partial charge is 0.410 e. The molecule has 1 aliphatic rings. The lowest BCUT2D eigenvalue weighted by atomic mass is 9.95. The van der Waals surface area contributed by atoms with Crippen LogP contribution >= 0.6 is 0 Å². The van der Waals surface area contributed by atoms with Gasteiger partial charge in [-0.05, 0) is 38.7 Å². The van der Waals surface area contributed by atoms with E-state index in [0.29, 0.717) is 13.0 Å². The molecule has 1 aliphatic heterocycles. The van der Waals surface area contributed by atoms with Gasteiger partial charge in [0.05, 0.1) is 6.04 Å². The van der Waals surface area contributed by atoms with Gasteiger partial charge < -0.3 is 14.8 Å². The molecule has 2 amide bonds. The minimum Gasteiger partial charge on any atom is -0.444 e. The Hall–Kier alpha value is -2.45. The number of methoxy groups -OCH3 is 1. The third kappa shape index (κ3) is 6.51. The van der Waals surface area contributed by atoms with Crippen LogP contribution in [0, 0.1) is 5.92 Å². The number of ketones is 1. The topological polar surface area (TPSA) is 111 Å². The molecule has 4 atom stereocenters. The van der Waals surface area contributed by atoms with E-state index in [-0.39, 0.29) is 11.8 Å². The molecule has 1 saturated heterocycles. The number of benzene rings is 1. The van der Waals surface area contributed by atoms with E-state index < -0.39 is 41.7 Å². The van der Waals surface area contributed by atoms with Crippen LogP contribution in [0.5, 0.6) is 0 Å². The van der Waals surface area contributed by atoms with Crippen LogP contribution in [0.15, 0.2) is 30.3 Å². The SMILES string of the molecule is COC(N)C(=O)[C@@H](NC(=O)[C@@H]1C[C@H](c2ccccc2)CN1C(=O)OC(C)(C)C)C(C)C. The third-order valence-electron chi connectivity index (χ3n) is 5.31. The molecule has 1 fully saturated rings. The second-order valence-corrected chi connectivity index (χ2v) is 9.28. The van der Waals surface area contributed by atoms with Crippen molar-refractivity contribution < 1.29 is 23.9 Å². The summed E-state index contributed by atoms with van der Waals surface area (Å²) in [5.41, 5.74) is 6.08. The Balaban J connectivity index is 2.26. The molecular formula is C23H35N3O5. The molecule has 1 heterocycles. The number of hydrogen-bond donors (Lipinski definition) is 2. The first-order chi connectivity index (χ1) is 14.4. The lowest BCUT2D eigenvalue weighted by Gasteiger charge is -2.30. The van der Waals surface area contributed by atoms with E-state index >= 15 is 0 Å². The summed E-state index contributed by atoms with van der Waals surface area (Å²) in [6.07, 6.45) is -1.24. The Morgan fingerprint density at radius 2 is 1.77 bits per heavy atom. The predicted molar refractivity (Wildman–Crippen MR) is 117 cm³/mol. The monoisotopic (exact) mass is 433 g/mol. The van der Waals surface area contributed by atoms with Crippen LogP contribution in [0.4, 0.5) is 4.79 Å². The molecule has 2 rings (SSSR count). The van der Waals surface area contributed by atoms with E-state index in [1.807, 2.05) is 44.2 Å². The number of Topliss-reactive ketones (excluding diaryl/α,β-unsaturated/α-hetero) is 1. The lowest BCUT2D eigenvalue weighted by Crippen LogP contribution is -2.56. The standard InChI is InChI=1S/C23H35N3O5/c1-14(2)18(19(27)20(24)30-6)25-21(28)17-12-16(15-10-8-7-9-11-15)13-26(17)22(29)31-23(3,4)5/h7-11,14,16-18,20H,12-13,24H2,1-6H3,(H,25,28)/t16-,17-,18-,20?/m0/s1. The number of likely N-dealkylation sites (tertiary alicyclic amines) is 1. The second kappa shape index (κ2) is 10.2. The van der Waals surface area contributed by atoms with Gasteiger partial charge in [0.25, 0.3) is 0 Å². The Labute approximate surface area is 184 Å². The Bertz CT molecular complexity index is 775. The van der Waals surface area contributed by atoms with Gasteiger partial charge in [0.1, 0.15) is 11.6 Å². The molecule has 1 unspecified atom stereocenters. The number of nitrogens with zero attached hydrogens (tertiary/aromatic N) is 1. The van der Waals surface area contributed by atoms with E-state index in [9.17, 15) is 14.4 Å². The van der Waals surface area contributed by atoms with Gasteiger partial charge >= 0.3 is 6.09 Å². The molecule has 1 aromatic carbocycles. The molecule has 1 aromatic rings. The number of amides is 2. The molecule has 8 heteroatoms. The number of rotatable bonds is 7. The van der Waals surface area contributed by atoms with E-state index in [2.05, 4.69) is 5.32 Å². The first kappa shape index (κ1) is 24.8. The largest absolute Gasteiger partial charge is 0.444 e. The average Bonchev–Trinajstić information content (AvgIpc) is 3.15. The van der Waals surface area contributed by atoms with Gasteiger partial charge in [0.15, 0.2) is 12.0 Å². The van der Waals surface area contributed by atoms with Gasteiger partial charge in [-0.1, -0.05) is 44.2 Å². The summed E-state index contributed by atoms with van der Waals surface area (Å²) < 4.78 is 10.5. The normalized spacial score (nSPS) is 21.0. The molecule has 8 nitrogen and oxygen atoms in total. The van der Waals surface area contributed by atoms with Gasteiger partial charge in [0, 0.05) is 19.6 Å². The Morgan fingerprint density at radius 3 is 2.29 bits per heavy atom. The van der Waals surface area contributed by atoms with Crippen molar-refractivity contribution in [2.75, 3.05) is 13.7 Å². The minimum absolute atomic E-state index is 0.0149. The first-order valence-corrected chi connectivity index (χ1v) is 10.6. The number of nitrogens with one attached hydrogen (secondary N) is 1. The Morgan fingerprint density at radius 1 is 1.16 bits per heavy atom. The van der Waals surface area contributed by atoms with Crippen LogP contribution in [0.1, 0.15) is 52.5 Å². The average molecular weight is 434 g/mol. The van der Waals surface area contributed by atoms with Crippen molar-refractivity contribution in [2.24, 2.45) is 11.7 Å². The van der Waals surface area contributed by atoms with Crippen LogP contribution in [-0.2, 0) is 19.1 Å². The summed E-state index contributed by atoms with van der Waals surface area (Å²) in [5, 5.41) is 2.80. The molecule has 172 valence electrons. The maximum atomic E-state index is 13.2. The molecule has 3 N–H and O–H groups in total. The maximum absolute atomic E-state index is 13.2. The van der Waals surface area contributed by atoms with Crippen molar-refractivity contribution in [1.82, 2.24) is 10.2 Å². The molecule has 0 spiro atoms. The van der Waals surface area contributed by atoms with Gasteiger partial charge in [-0.15, -0.1) is 0 Å². The van der Waals surface area contributed by atoms with E-state index in [0.717, 1.165) is 5.56 Å². The second-order valence-electron chi connectivity index (χ2n) is 9.28. The first-order valence-electron chi connectivity index (χ1n) is 10.6. The summed E-state index contributed by atoms with van der Waals surface area (Å²) in [5.74, 6) is -1.02. The molecule has 0 radical (unpaired) electrons. The minimum atomic E-state index is -1.13. The van der Waals surface area contributed by atoms with Gasteiger partial charge in [-0.25, -0.2) is 4.79 Å². The summed E-state index contributed by atoms with van der Waals surface area (Å²) in [6.45, 7) is 9.34. The summed E-state index contributed by atoms with van der Waals surface area (Å²) in [7, 11) is 1.34. The third-order valence-corrected chi connectivity index (χ3v) is 5.31. The zero-order valence-corrected chi connectivity index (χ0v) is 19.3. The highest BCUT2D eigenvalue weighted by Crippen LogP contribution is 2.33. The van der Waals surface area contributed by atoms with Crippen molar-refractivity contribution in [3.63, 3.8) is 0 Å². The lowest BCUT2D eigenvalue weighted by molar-refractivity contribution is -0.136. The fraction of sp³-hybridized carbons (Fsp3) is 0.609. The van der Waals surface area contributed by atoms with Crippen molar-refractivity contribution in [3.05, 3.63) is 35.9 Å². The molecule has 0 saturated carbocycles. The van der Waals surface area contributed by atoms with Crippen molar-refractivity contribution in [2.45, 2.75) is 70.9 Å². The number of carbonyl (C=O) groups is 3. The fourth-order valence-electron chi connectivity index (χ4n) is 3.68. The quantitative estimate of drug-likeness (QED) is 0.639. The highest BCUT2D eigenvalue weighted by molar-refractivity contribution is 5.94. The highest BCUT2D eigenvalue weighted by atomic mass is 16.6. The zero-order chi connectivity index (χ0) is 23.3. The van der Waals surface area contributed by atoms with Gasteiger partial charge in [-0.3, -0.25) is 20.2 Å². The van der Waals surface area contributed by atoms with Crippen LogP contribution in [0.3, 0.4) is 0 Å². The molecule has 0 bridgehead atoms. The Kier molecular flexibility index (Phi) is 8.20. The van der Waals surface area contributed by atoms with E-state index in [1.54, 1.807) is 20.8 Å². The molecule has 0 aliphatic carbocycles. The fourth-order valence-corrected chi connectivity index (χ4v) is 3.68. The van der Waals surface area contributed by atoms with Gasteiger partial charge in [-0.2, -0.15) is 0 Å². The van der Waals surface area contributed by atoms with Gasteiger partial charge in [0.2, 0.25) is 5.91 Å². The zero-order valence-electron chi connectivity index (χ0n) is 19.3. The number of ether oxygens (including phenoxy) is 2. The van der Waals surface area contributed by atoms with Crippen molar-refractivity contribution >= 4 is 17.8 Å². The van der Waals surface area contributed by atoms with E-state index in [4.69, 9.17) is 15.2 Å². The summed E-state index contributed by atoms with van der Waals surface area (Å²) >= 11 is 0. The number of hydrogen-bond acceptors (Lipinski definition) is 6. The van der Waals surface area contributed by atoms with E-state index in [1.165, 1.54) is 12.0 Å². The van der Waals surface area contributed by atoms with Crippen molar-refractivity contribution in [3.8, 4) is 0 Å². The number of nitrogens with two attached hydrogens (primary N) is 1. The number of carbonyl (C=O) groups excluding carboxylic acids is 3. The summed E-state index contributed by atoms with van der Waals surface area (Å²) in [4.78, 5) is 40.2. The van der Waals surface area contributed by atoms with Crippen LogP contribution in [0.2, 0.25) is 0 Å². The molecule has 0 aromatic heterocycles. The van der Waals surface area contributed by atoms with Crippen LogP contribution in [0.25, 0.3) is 0 Å².